The quantitative estimate of drug-likeness (QED) is 0.718. The highest BCUT2D eigenvalue weighted by molar-refractivity contribution is 6.35. The number of nitrogens with one attached hydrogen (secondary N) is 1. The van der Waals surface area contributed by atoms with Crippen molar-refractivity contribution in [2.45, 2.75) is 38.3 Å². The second-order valence-electron chi connectivity index (χ2n) is 8.16. The van der Waals surface area contributed by atoms with Crippen LogP contribution in [0.3, 0.4) is 0 Å². The number of urea groups is 1. The lowest BCUT2D eigenvalue weighted by Gasteiger charge is -2.33. The van der Waals surface area contributed by atoms with Gasteiger partial charge in [0.15, 0.2) is 0 Å². The Morgan fingerprint density at radius 1 is 1.14 bits per heavy atom. The van der Waals surface area contributed by atoms with Crippen molar-refractivity contribution in [2.75, 3.05) is 26.7 Å². The van der Waals surface area contributed by atoms with E-state index in [0.717, 1.165) is 55.2 Å². The summed E-state index contributed by atoms with van der Waals surface area (Å²) in [6.45, 7) is 3.99. The van der Waals surface area contributed by atoms with Crippen molar-refractivity contribution in [1.82, 2.24) is 15.1 Å². The van der Waals surface area contributed by atoms with Crippen molar-refractivity contribution in [3.05, 3.63) is 68.7 Å². The normalized spacial score (nSPS) is 19.7. The summed E-state index contributed by atoms with van der Waals surface area (Å²) in [5.41, 5.74) is 4.69. The number of benzene rings is 2. The number of hydrogen-bond donors (Lipinski definition) is 1. The number of carbonyl (C=O) groups is 1. The zero-order chi connectivity index (χ0) is 20.4. The Bertz CT molecular complexity index is 896. The number of nitrogens with zero attached hydrogens (tertiary/aromatic N) is 2. The van der Waals surface area contributed by atoms with E-state index in [1.54, 1.807) is 0 Å². The summed E-state index contributed by atoms with van der Waals surface area (Å²) in [4.78, 5) is 16.6. The lowest BCUT2D eigenvalue weighted by atomic mass is 9.84. The zero-order valence-electron chi connectivity index (χ0n) is 16.8. The van der Waals surface area contributed by atoms with Crippen LogP contribution < -0.4 is 5.32 Å². The number of likely N-dealkylation sites (N-methyl/N-ethyl adjacent to an activating group) is 1. The van der Waals surface area contributed by atoms with Crippen molar-refractivity contribution in [3.63, 3.8) is 0 Å². The largest absolute Gasteiger partial charge is 0.334 e. The fraction of sp³-hybridized carbons (Fsp3) is 0.435. The number of likely N-dealkylation sites (tertiary alicyclic amines) is 1. The molecule has 1 N–H and O–H groups in total. The lowest BCUT2D eigenvalue weighted by Crippen LogP contribution is -2.42. The van der Waals surface area contributed by atoms with Crippen molar-refractivity contribution < 1.29 is 4.79 Å². The van der Waals surface area contributed by atoms with Gasteiger partial charge in [-0.15, -0.1) is 0 Å². The molecule has 0 aromatic heterocycles. The number of carbonyl (C=O) groups excluding carboxylic acids is 1. The van der Waals surface area contributed by atoms with Gasteiger partial charge in [0.25, 0.3) is 0 Å². The molecule has 154 valence electrons. The Labute approximate surface area is 182 Å². The van der Waals surface area contributed by atoms with Crippen LogP contribution in [0.2, 0.25) is 10.0 Å². The minimum Gasteiger partial charge on any atom is -0.334 e. The maximum atomic E-state index is 12.4. The first kappa shape index (κ1) is 20.5. The van der Waals surface area contributed by atoms with Crippen molar-refractivity contribution in [1.29, 1.82) is 0 Å². The molecule has 1 saturated heterocycles. The number of piperidine rings is 1. The van der Waals surface area contributed by atoms with Crippen LogP contribution in [0.5, 0.6) is 0 Å². The molecule has 1 unspecified atom stereocenters. The van der Waals surface area contributed by atoms with E-state index < -0.39 is 0 Å². The molecule has 4 nitrogen and oxygen atoms in total. The molecular formula is C23H27Cl2N3O. The summed E-state index contributed by atoms with van der Waals surface area (Å²) >= 11 is 12.8. The molecule has 0 bridgehead atoms. The van der Waals surface area contributed by atoms with Gasteiger partial charge < -0.3 is 15.1 Å². The molecule has 0 spiro atoms. The van der Waals surface area contributed by atoms with Crippen LogP contribution in [0.25, 0.3) is 0 Å². The van der Waals surface area contributed by atoms with Gasteiger partial charge in [-0.25, -0.2) is 4.79 Å². The SMILES string of the molecule is CN1Cc2c(Cl)cc(Cl)cc2C(c2cccc(CNC(=O)N3CCCCC3)c2)C1. The number of rotatable bonds is 3. The molecule has 2 aliphatic rings. The monoisotopic (exact) mass is 431 g/mol. The van der Waals surface area contributed by atoms with Crippen molar-refractivity contribution >= 4 is 29.2 Å². The third-order valence-electron chi connectivity index (χ3n) is 5.93. The minimum absolute atomic E-state index is 0.0383. The van der Waals surface area contributed by atoms with Crippen LogP contribution in [-0.4, -0.2) is 42.5 Å². The Balaban J connectivity index is 1.52. The predicted octanol–water partition coefficient (Wildman–Crippen LogP) is 5.27. The maximum Gasteiger partial charge on any atom is 0.317 e. The van der Waals surface area contributed by atoms with Gasteiger partial charge in [0.05, 0.1) is 0 Å². The number of hydrogen-bond acceptors (Lipinski definition) is 2. The first-order chi connectivity index (χ1) is 14.0. The highest BCUT2D eigenvalue weighted by Gasteiger charge is 2.27. The smallest absolute Gasteiger partial charge is 0.317 e. The molecule has 6 heteroatoms. The average molecular weight is 432 g/mol. The van der Waals surface area contributed by atoms with E-state index >= 15 is 0 Å². The van der Waals surface area contributed by atoms with Crippen LogP contribution in [0.1, 0.15) is 47.4 Å². The first-order valence-corrected chi connectivity index (χ1v) is 11.0. The summed E-state index contributed by atoms with van der Waals surface area (Å²) < 4.78 is 0. The van der Waals surface area contributed by atoms with Gasteiger partial charge in [-0.05, 0) is 60.7 Å². The molecule has 2 aromatic rings. The molecule has 2 amide bonds. The lowest BCUT2D eigenvalue weighted by molar-refractivity contribution is 0.186. The Kier molecular flexibility index (Phi) is 6.33. The highest BCUT2D eigenvalue weighted by atomic mass is 35.5. The fourth-order valence-corrected chi connectivity index (χ4v) is 5.01. The molecule has 2 aliphatic heterocycles. The average Bonchev–Trinajstić information content (AvgIpc) is 2.73. The molecule has 2 aromatic carbocycles. The number of halogens is 2. The van der Waals surface area contributed by atoms with Crippen molar-refractivity contribution in [3.8, 4) is 0 Å². The van der Waals surface area contributed by atoms with E-state index in [-0.39, 0.29) is 11.9 Å². The van der Waals surface area contributed by atoms with Gasteiger partial charge in [-0.1, -0.05) is 47.5 Å². The molecule has 2 heterocycles. The van der Waals surface area contributed by atoms with E-state index in [1.807, 2.05) is 17.0 Å². The standard InChI is InChI=1S/C23H27Cl2N3O/c1-27-14-20(19-11-18(24)12-22(25)21(19)15-27)17-7-5-6-16(10-17)13-26-23(29)28-8-3-2-4-9-28/h5-7,10-12,20H,2-4,8-9,13-15H2,1H3,(H,26,29). The molecule has 0 saturated carbocycles. The molecule has 4 rings (SSSR count). The number of fused-ring (bicyclic) bond motifs is 1. The van der Waals surface area contributed by atoms with E-state index in [9.17, 15) is 4.79 Å². The van der Waals surface area contributed by atoms with E-state index in [4.69, 9.17) is 23.2 Å². The van der Waals surface area contributed by atoms with Crippen LogP contribution >= 0.6 is 23.2 Å². The molecule has 0 aliphatic carbocycles. The minimum atomic E-state index is 0.0383. The third-order valence-corrected chi connectivity index (χ3v) is 6.49. The van der Waals surface area contributed by atoms with Gasteiger partial charge in [0.1, 0.15) is 0 Å². The number of amides is 2. The summed E-state index contributed by atoms with van der Waals surface area (Å²) in [5.74, 6) is 0.206. The van der Waals surface area contributed by atoms with Gasteiger partial charge in [0.2, 0.25) is 0 Å². The van der Waals surface area contributed by atoms with E-state index in [2.05, 4.69) is 41.5 Å². The van der Waals surface area contributed by atoms with Gasteiger partial charge >= 0.3 is 6.03 Å². The Hall–Kier alpha value is -1.75. The summed E-state index contributed by atoms with van der Waals surface area (Å²) in [7, 11) is 2.11. The van der Waals surface area contributed by atoms with E-state index in [0.29, 0.717) is 11.6 Å². The molecule has 1 fully saturated rings. The Morgan fingerprint density at radius 3 is 2.72 bits per heavy atom. The van der Waals surface area contributed by atoms with Gasteiger partial charge in [-0.2, -0.15) is 0 Å². The summed E-state index contributed by atoms with van der Waals surface area (Å²) in [6.07, 6.45) is 3.42. The Morgan fingerprint density at radius 2 is 1.93 bits per heavy atom. The third kappa shape index (κ3) is 4.71. The fourth-order valence-electron chi connectivity index (χ4n) is 4.44. The zero-order valence-corrected chi connectivity index (χ0v) is 18.3. The molecule has 1 atom stereocenters. The first-order valence-electron chi connectivity index (χ1n) is 10.3. The topological polar surface area (TPSA) is 35.6 Å². The van der Waals surface area contributed by atoms with Crippen molar-refractivity contribution in [2.24, 2.45) is 0 Å². The summed E-state index contributed by atoms with van der Waals surface area (Å²) in [5, 5.41) is 4.48. The maximum absolute atomic E-state index is 12.4. The molecule has 0 radical (unpaired) electrons. The van der Waals surface area contributed by atoms with E-state index in [1.165, 1.54) is 17.5 Å². The van der Waals surface area contributed by atoms with Crippen LogP contribution in [0.4, 0.5) is 4.79 Å². The molecule has 29 heavy (non-hydrogen) atoms. The van der Waals surface area contributed by atoms with Crippen LogP contribution in [0, 0.1) is 0 Å². The predicted molar refractivity (Wildman–Crippen MR) is 119 cm³/mol. The second-order valence-corrected chi connectivity index (χ2v) is 9.00. The van der Waals surface area contributed by atoms with Gasteiger partial charge in [0, 0.05) is 48.7 Å². The molecular weight excluding hydrogens is 405 g/mol. The van der Waals surface area contributed by atoms with Crippen LogP contribution in [-0.2, 0) is 13.1 Å². The van der Waals surface area contributed by atoms with Crippen LogP contribution in [0.15, 0.2) is 36.4 Å². The second kappa shape index (κ2) is 8.95. The summed E-state index contributed by atoms with van der Waals surface area (Å²) in [6, 6.07) is 12.4. The van der Waals surface area contributed by atoms with Gasteiger partial charge in [-0.3, -0.25) is 0 Å². The highest BCUT2D eigenvalue weighted by Crippen LogP contribution is 2.38.